The second-order valence-electron chi connectivity index (χ2n) is 6.52. The lowest BCUT2D eigenvalue weighted by Crippen LogP contribution is -2.34. The number of methoxy groups -OCH3 is 1. The third kappa shape index (κ3) is 6.05. The molecule has 1 aromatic carbocycles. The van der Waals surface area contributed by atoms with Gasteiger partial charge in [0.1, 0.15) is 0 Å². The van der Waals surface area contributed by atoms with Gasteiger partial charge in [0.2, 0.25) is 5.91 Å². The third-order valence-electron chi connectivity index (χ3n) is 4.41. The van der Waals surface area contributed by atoms with Crippen molar-refractivity contribution < 1.29 is 9.53 Å². The van der Waals surface area contributed by atoms with Crippen molar-refractivity contribution in [2.45, 2.75) is 46.2 Å². The van der Waals surface area contributed by atoms with Crippen LogP contribution in [-0.4, -0.2) is 35.6 Å². The van der Waals surface area contributed by atoms with Gasteiger partial charge in [-0.25, -0.2) is 0 Å². The van der Waals surface area contributed by atoms with E-state index in [9.17, 15) is 4.79 Å². The summed E-state index contributed by atoms with van der Waals surface area (Å²) < 4.78 is 7.40. The lowest BCUT2D eigenvalue weighted by atomic mass is 10.1. The first-order valence-corrected chi connectivity index (χ1v) is 9.10. The first-order chi connectivity index (χ1) is 12.1. The van der Waals surface area contributed by atoms with Crippen molar-refractivity contribution in [3.63, 3.8) is 0 Å². The van der Waals surface area contributed by atoms with Crippen molar-refractivity contribution in [2.24, 2.45) is 0 Å². The van der Waals surface area contributed by atoms with E-state index in [1.54, 1.807) is 7.11 Å². The Morgan fingerprint density at radius 3 is 2.64 bits per heavy atom. The number of amides is 1. The van der Waals surface area contributed by atoms with Crippen LogP contribution >= 0.6 is 0 Å². The van der Waals surface area contributed by atoms with E-state index in [2.05, 4.69) is 61.0 Å². The summed E-state index contributed by atoms with van der Waals surface area (Å²) >= 11 is 0. The molecule has 0 bridgehead atoms. The minimum atomic E-state index is 0.210. The maximum Gasteiger partial charge on any atom is 0.222 e. The van der Waals surface area contributed by atoms with Gasteiger partial charge >= 0.3 is 0 Å². The van der Waals surface area contributed by atoms with Gasteiger partial charge in [-0.1, -0.05) is 43.2 Å². The van der Waals surface area contributed by atoms with Crippen LogP contribution < -0.4 is 0 Å². The topological polar surface area (TPSA) is 34.5 Å². The van der Waals surface area contributed by atoms with E-state index in [4.69, 9.17) is 4.74 Å². The van der Waals surface area contributed by atoms with Crippen molar-refractivity contribution in [3.8, 4) is 0 Å². The molecule has 1 amide bonds. The maximum absolute atomic E-state index is 12.5. The van der Waals surface area contributed by atoms with Crippen molar-refractivity contribution >= 4 is 5.91 Å². The number of rotatable bonds is 10. The number of carbonyl (C=O) groups is 1. The van der Waals surface area contributed by atoms with Crippen molar-refractivity contribution in [1.29, 1.82) is 0 Å². The highest BCUT2D eigenvalue weighted by molar-refractivity contribution is 5.76. The Morgan fingerprint density at radius 2 is 1.96 bits per heavy atom. The molecule has 0 spiro atoms. The zero-order valence-corrected chi connectivity index (χ0v) is 15.7. The van der Waals surface area contributed by atoms with Crippen molar-refractivity contribution in [1.82, 2.24) is 9.47 Å². The number of hydrogen-bond donors (Lipinski definition) is 0. The van der Waals surface area contributed by atoms with Crippen LogP contribution in [0.4, 0.5) is 0 Å². The second-order valence-corrected chi connectivity index (χ2v) is 6.52. The molecule has 0 radical (unpaired) electrons. The van der Waals surface area contributed by atoms with Crippen LogP contribution in [0.1, 0.15) is 43.0 Å². The Hall–Kier alpha value is -2.07. The summed E-state index contributed by atoms with van der Waals surface area (Å²) in [6, 6.07) is 12.7. The fourth-order valence-electron chi connectivity index (χ4n) is 2.81. The molecule has 4 nitrogen and oxygen atoms in total. The van der Waals surface area contributed by atoms with Gasteiger partial charge in [0.15, 0.2) is 0 Å². The van der Waals surface area contributed by atoms with Crippen LogP contribution in [-0.2, 0) is 22.6 Å². The van der Waals surface area contributed by atoms with E-state index in [0.29, 0.717) is 26.1 Å². The standard InChI is InChI=1S/C21H30N2O2/c1-4-5-8-21(24)23(14-15-25-3)17-20-7-6-13-22(20)16-19-11-9-18(2)10-12-19/h6-7,9-13H,4-5,8,14-17H2,1-3H3. The third-order valence-corrected chi connectivity index (χ3v) is 4.41. The molecule has 0 aliphatic heterocycles. The highest BCUT2D eigenvalue weighted by Crippen LogP contribution is 2.13. The molecular weight excluding hydrogens is 312 g/mol. The van der Waals surface area contributed by atoms with Gasteiger partial charge in [0.05, 0.1) is 13.2 Å². The molecule has 2 aromatic rings. The van der Waals surface area contributed by atoms with Crippen LogP contribution in [0.2, 0.25) is 0 Å². The number of unbranched alkanes of at least 4 members (excludes halogenated alkanes) is 1. The SMILES string of the molecule is CCCCC(=O)N(CCOC)Cc1cccn1Cc1ccc(C)cc1. The summed E-state index contributed by atoms with van der Waals surface area (Å²) in [5.74, 6) is 0.210. The van der Waals surface area contributed by atoms with Crippen molar-refractivity contribution in [3.05, 3.63) is 59.4 Å². The molecule has 0 fully saturated rings. The Balaban J connectivity index is 2.06. The predicted molar refractivity (Wildman–Crippen MR) is 102 cm³/mol. The maximum atomic E-state index is 12.5. The molecule has 2 rings (SSSR count). The van der Waals surface area contributed by atoms with E-state index < -0.39 is 0 Å². The average Bonchev–Trinajstić information content (AvgIpc) is 3.05. The first-order valence-electron chi connectivity index (χ1n) is 9.10. The summed E-state index contributed by atoms with van der Waals surface area (Å²) in [4.78, 5) is 14.4. The highest BCUT2D eigenvalue weighted by Gasteiger charge is 2.15. The monoisotopic (exact) mass is 342 g/mol. The molecule has 0 saturated heterocycles. The van der Waals surface area contributed by atoms with Gasteiger partial charge < -0.3 is 14.2 Å². The minimum Gasteiger partial charge on any atom is -0.383 e. The van der Waals surface area contributed by atoms with Gasteiger partial charge in [0, 0.05) is 38.5 Å². The molecular formula is C21H30N2O2. The molecule has 25 heavy (non-hydrogen) atoms. The van der Waals surface area contributed by atoms with Gasteiger partial charge in [-0.2, -0.15) is 0 Å². The number of carbonyl (C=O) groups excluding carboxylic acids is 1. The molecule has 0 atom stereocenters. The number of hydrogen-bond acceptors (Lipinski definition) is 2. The summed E-state index contributed by atoms with van der Waals surface area (Å²) in [5.41, 5.74) is 3.69. The first kappa shape index (κ1) is 19.3. The van der Waals surface area contributed by atoms with Crippen LogP contribution in [0.25, 0.3) is 0 Å². The molecule has 0 unspecified atom stereocenters. The fourth-order valence-corrected chi connectivity index (χ4v) is 2.81. The van der Waals surface area contributed by atoms with E-state index in [0.717, 1.165) is 25.1 Å². The molecule has 0 aliphatic carbocycles. The zero-order chi connectivity index (χ0) is 18.1. The Morgan fingerprint density at radius 1 is 1.20 bits per heavy atom. The van der Waals surface area contributed by atoms with E-state index in [1.165, 1.54) is 11.1 Å². The molecule has 136 valence electrons. The average molecular weight is 342 g/mol. The Bertz CT molecular complexity index is 646. The summed E-state index contributed by atoms with van der Waals surface area (Å²) in [6.45, 7) is 6.86. The second kappa shape index (κ2) is 10.0. The molecule has 4 heteroatoms. The van der Waals surface area contributed by atoms with E-state index in [1.807, 2.05) is 4.90 Å². The smallest absolute Gasteiger partial charge is 0.222 e. The van der Waals surface area contributed by atoms with Crippen molar-refractivity contribution in [2.75, 3.05) is 20.3 Å². The Kier molecular flexibility index (Phi) is 7.74. The van der Waals surface area contributed by atoms with E-state index in [-0.39, 0.29) is 5.91 Å². The van der Waals surface area contributed by atoms with Crippen LogP contribution in [0.15, 0.2) is 42.6 Å². The van der Waals surface area contributed by atoms with Gasteiger partial charge in [0.25, 0.3) is 0 Å². The van der Waals surface area contributed by atoms with Crippen LogP contribution in [0.5, 0.6) is 0 Å². The number of nitrogens with zero attached hydrogens (tertiary/aromatic N) is 2. The number of ether oxygens (including phenoxy) is 1. The van der Waals surface area contributed by atoms with Gasteiger partial charge in [-0.3, -0.25) is 4.79 Å². The number of benzene rings is 1. The predicted octanol–water partition coefficient (Wildman–Crippen LogP) is 4.01. The lowest BCUT2D eigenvalue weighted by molar-refractivity contribution is -0.132. The quantitative estimate of drug-likeness (QED) is 0.654. The van der Waals surface area contributed by atoms with Gasteiger partial charge in [-0.05, 0) is 31.0 Å². The summed E-state index contributed by atoms with van der Waals surface area (Å²) in [6.07, 6.45) is 4.67. The molecule has 1 heterocycles. The largest absolute Gasteiger partial charge is 0.383 e. The number of aromatic nitrogens is 1. The molecule has 0 aliphatic rings. The normalized spacial score (nSPS) is 10.8. The molecule has 1 aromatic heterocycles. The van der Waals surface area contributed by atoms with Crippen LogP contribution in [0.3, 0.4) is 0 Å². The summed E-state index contributed by atoms with van der Waals surface area (Å²) in [5, 5.41) is 0. The van der Waals surface area contributed by atoms with Crippen LogP contribution in [0, 0.1) is 6.92 Å². The fraction of sp³-hybridized carbons (Fsp3) is 0.476. The molecule has 0 saturated carbocycles. The lowest BCUT2D eigenvalue weighted by Gasteiger charge is -2.23. The highest BCUT2D eigenvalue weighted by atomic mass is 16.5. The molecule has 0 N–H and O–H groups in total. The zero-order valence-electron chi connectivity index (χ0n) is 15.7. The van der Waals surface area contributed by atoms with Gasteiger partial charge in [-0.15, -0.1) is 0 Å². The number of aryl methyl sites for hydroxylation is 1. The summed E-state index contributed by atoms with van der Waals surface area (Å²) in [7, 11) is 1.68. The minimum absolute atomic E-state index is 0.210. The van der Waals surface area contributed by atoms with E-state index >= 15 is 0 Å². The Labute approximate surface area is 151 Å².